The van der Waals surface area contributed by atoms with Crippen LogP contribution in [-0.2, 0) is 19.1 Å². The zero-order chi connectivity index (χ0) is 42.0. The van der Waals surface area contributed by atoms with E-state index in [1.54, 1.807) is 0 Å². The number of aromatic nitrogens is 2. The van der Waals surface area contributed by atoms with Crippen LogP contribution in [0.15, 0.2) is 4.42 Å². The fraction of sp³-hybridized carbons (Fsp3) is 0.898. The van der Waals surface area contributed by atoms with Gasteiger partial charge in [-0.25, -0.2) is 0 Å². The van der Waals surface area contributed by atoms with Gasteiger partial charge in [0.25, 0.3) is 0 Å². The van der Waals surface area contributed by atoms with E-state index in [2.05, 4.69) is 70.9 Å². The van der Waals surface area contributed by atoms with Crippen molar-refractivity contribution in [2.24, 2.45) is 84.2 Å². The zero-order valence-corrected chi connectivity index (χ0v) is 38.0. The standard InChI is InChI=1S/C49H75N3O6/c1-27-51-52-37(57-27)30-25-34(41(30,2)3)50-39(55)49-20-15-28(44(8)21-22-44)36(49)29-13-14-33-45(9)18-17-35(58-40(56)48(12)26-31(38(53)54)43(48,6)7)42(4,5)32(45)16-19-47(33,11)46(29,10)23-24-49/h28-36H,13-26H2,1-12H3,(H,50,55)(H,53,54)/t28-,29-,30-,31+,32+,33-,34-,35+,36-,45+,46-,47-,48+,49+/m1/s1. The summed E-state index contributed by atoms with van der Waals surface area (Å²) >= 11 is 0. The van der Waals surface area contributed by atoms with Gasteiger partial charge in [-0.2, -0.15) is 0 Å². The molecular formula is C49H75N3O6. The molecule has 9 rings (SSSR count). The predicted molar refractivity (Wildman–Crippen MR) is 221 cm³/mol. The van der Waals surface area contributed by atoms with Crippen LogP contribution in [0.5, 0.6) is 0 Å². The van der Waals surface area contributed by atoms with Crippen molar-refractivity contribution in [1.29, 1.82) is 0 Å². The second-order valence-corrected chi connectivity index (χ2v) is 24.8. The number of aryl methyl sites for hydroxylation is 1. The first-order chi connectivity index (χ1) is 26.8. The second kappa shape index (κ2) is 12.3. The average Bonchev–Trinajstić information content (AvgIpc) is 3.53. The van der Waals surface area contributed by atoms with Gasteiger partial charge in [-0.1, -0.05) is 69.2 Å². The van der Waals surface area contributed by atoms with Crippen molar-refractivity contribution in [3.8, 4) is 0 Å². The van der Waals surface area contributed by atoms with Crippen molar-refractivity contribution >= 4 is 17.8 Å². The molecule has 8 aliphatic rings. The third-order valence-corrected chi connectivity index (χ3v) is 22.1. The van der Waals surface area contributed by atoms with Gasteiger partial charge in [0.15, 0.2) is 0 Å². The third-order valence-electron chi connectivity index (χ3n) is 22.1. The van der Waals surface area contributed by atoms with Crippen molar-refractivity contribution in [2.75, 3.05) is 0 Å². The Labute approximate surface area is 348 Å². The molecule has 0 aromatic carbocycles. The Morgan fingerprint density at radius 3 is 2.05 bits per heavy atom. The van der Waals surface area contributed by atoms with E-state index in [1.165, 1.54) is 38.5 Å². The molecule has 1 amide bonds. The van der Waals surface area contributed by atoms with E-state index in [0.717, 1.165) is 44.9 Å². The van der Waals surface area contributed by atoms with Crippen molar-refractivity contribution in [1.82, 2.24) is 15.5 Å². The van der Waals surface area contributed by atoms with E-state index in [0.29, 0.717) is 59.1 Å². The number of hydrogen-bond acceptors (Lipinski definition) is 7. The number of carboxylic acids is 1. The van der Waals surface area contributed by atoms with Gasteiger partial charge in [-0.15, -0.1) is 10.2 Å². The highest BCUT2D eigenvalue weighted by Crippen LogP contribution is 2.79. The molecule has 0 spiro atoms. The molecule has 1 aromatic heterocycles. The summed E-state index contributed by atoms with van der Waals surface area (Å²) in [6.45, 7) is 27.3. The summed E-state index contributed by atoms with van der Waals surface area (Å²) in [6, 6.07) is 0.0991. The van der Waals surface area contributed by atoms with Crippen LogP contribution in [0.4, 0.5) is 0 Å². The molecule has 0 radical (unpaired) electrons. The molecule has 0 saturated heterocycles. The van der Waals surface area contributed by atoms with Crippen molar-refractivity contribution in [3.63, 3.8) is 0 Å². The summed E-state index contributed by atoms with van der Waals surface area (Å²) in [4.78, 5) is 41.1. The fourth-order valence-electron chi connectivity index (χ4n) is 17.0. The average molecular weight is 802 g/mol. The minimum Gasteiger partial charge on any atom is -0.481 e. The number of hydrogen-bond donors (Lipinski definition) is 2. The van der Waals surface area contributed by atoms with Gasteiger partial charge < -0.3 is 19.6 Å². The number of fused-ring (bicyclic) bond motifs is 7. The molecule has 8 saturated carbocycles. The summed E-state index contributed by atoms with van der Waals surface area (Å²) < 4.78 is 12.4. The number of aliphatic carboxylic acids is 1. The monoisotopic (exact) mass is 802 g/mol. The van der Waals surface area contributed by atoms with Crippen LogP contribution in [0.3, 0.4) is 0 Å². The lowest BCUT2D eigenvalue weighted by atomic mass is 9.32. The minimum absolute atomic E-state index is 0.0991. The van der Waals surface area contributed by atoms with Crippen LogP contribution in [0.1, 0.15) is 184 Å². The lowest BCUT2D eigenvalue weighted by Gasteiger charge is -2.73. The molecule has 9 heteroatoms. The Hall–Kier alpha value is -2.45. The normalized spacial score (nSPS) is 48.7. The predicted octanol–water partition coefficient (Wildman–Crippen LogP) is 10.3. The van der Waals surface area contributed by atoms with Gasteiger partial charge in [0, 0.05) is 24.3 Å². The maximum atomic E-state index is 15.1. The Balaban J connectivity index is 0.958. The summed E-state index contributed by atoms with van der Waals surface area (Å²) in [5.41, 5.74) is -1.26. The number of nitrogens with zero attached hydrogens (tertiary/aromatic N) is 2. The van der Waals surface area contributed by atoms with E-state index in [9.17, 15) is 14.7 Å². The number of rotatable bonds is 7. The van der Waals surface area contributed by atoms with Crippen LogP contribution in [0, 0.1) is 91.2 Å². The van der Waals surface area contributed by atoms with Crippen LogP contribution >= 0.6 is 0 Å². The van der Waals surface area contributed by atoms with E-state index < -0.39 is 22.7 Å². The lowest BCUT2D eigenvalue weighted by Crippen LogP contribution is -2.68. The van der Waals surface area contributed by atoms with Crippen LogP contribution in [-0.4, -0.2) is 45.3 Å². The first kappa shape index (κ1) is 40.9. The van der Waals surface area contributed by atoms with Crippen LogP contribution in [0.2, 0.25) is 0 Å². The van der Waals surface area contributed by atoms with Gasteiger partial charge >= 0.3 is 11.9 Å². The largest absolute Gasteiger partial charge is 0.481 e. The molecule has 8 aliphatic carbocycles. The van der Waals surface area contributed by atoms with E-state index >= 15 is 4.79 Å². The molecule has 2 N–H and O–H groups in total. The topological polar surface area (TPSA) is 132 Å². The molecule has 322 valence electrons. The second-order valence-electron chi connectivity index (χ2n) is 24.8. The lowest BCUT2D eigenvalue weighted by molar-refractivity contribution is -0.254. The molecule has 9 nitrogen and oxygen atoms in total. The number of amides is 1. The van der Waals surface area contributed by atoms with Gasteiger partial charge in [-0.05, 0) is 159 Å². The smallest absolute Gasteiger partial charge is 0.312 e. The summed E-state index contributed by atoms with van der Waals surface area (Å²) in [7, 11) is 0. The molecule has 14 atom stereocenters. The molecule has 0 aliphatic heterocycles. The van der Waals surface area contributed by atoms with E-state index in [4.69, 9.17) is 9.15 Å². The summed E-state index contributed by atoms with van der Waals surface area (Å²) in [5.74, 6) is 2.81. The molecule has 8 fully saturated rings. The zero-order valence-electron chi connectivity index (χ0n) is 38.0. The molecule has 0 unspecified atom stereocenters. The number of carboxylic acid groups (broad SMARTS) is 1. The van der Waals surface area contributed by atoms with Gasteiger partial charge in [0.1, 0.15) is 6.10 Å². The highest BCUT2D eigenvalue weighted by molar-refractivity contribution is 5.85. The first-order valence-corrected chi connectivity index (χ1v) is 23.4. The van der Waals surface area contributed by atoms with Crippen molar-refractivity contribution in [2.45, 2.75) is 191 Å². The van der Waals surface area contributed by atoms with Gasteiger partial charge in [0.2, 0.25) is 17.7 Å². The van der Waals surface area contributed by atoms with Crippen molar-refractivity contribution in [3.05, 3.63) is 11.8 Å². The Bertz CT molecular complexity index is 1900. The molecule has 58 heavy (non-hydrogen) atoms. The van der Waals surface area contributed by atoms with Gasteiger partial charge in [-0.3, -0.25) is 14.4 Å². The number of carbonyl (C=O) groups excluding carboxylic acids is 2. The van der Waals surface area contributed by atoms with Crippen molar-refractivity contribution < 1.29 is 28.6 Å². The fourth-order valence-corrected chi connectivity index (χ4v) is 17.0. The summed E-state index contributed by atoms with van der Waals surface area (Å²) in [6.07, 6.45) is 14.6. The minimum atomic E-state index is -0.821. The Morgan fingerprint density at radius 2 is 1.45 bits per heavy atom. The van der Waals surface area contributed by atoms with Gasteiger partial charge in [0.05, 0.1) is 16.7 Å². The first-order valence-electron chi connectivity index (χ1n) is 23.4. The highest BCUT2D eigenvalue weighted by Gasteiger charge is 2.74. The maximum Gasteiger partial charge on any atom is 0.312 e. The maximum absolute atomic E-state index is 15.1. The third kappa shape index (κ3) is 5.08. The highest BCUT2D eigenvalue weighted by atomic mass is 16.5. The summed E-state index contributed by atoms with van der Waals surface area (Å²) in [5, 5.41) is 22.0. The number of nitrogens with one attached hydrogen (secondary N) is 1. The quantitative estimate of drug-likeness (QED) is 0.261. The molecule has 1 heterocycles. The number of ether oxygens (including phenoxy) is 1. The van der Waals surface area contributed by atoms with E-state index in [-0.39, 0.29) is 56.5 Å². The van der Waals surface area contributed by atoms with Crippen LogP contribution < -0.4 is 5.32 Å². The number of esters is 1. The Morgan fingerprint density at radius 1 is 0.741 bits per heavy atom. The number of carbonyl (C=O) groups is 3. The molecule has 0 bridgehead atoms. The molecule has 1 aromatic rings. The molecular weight excluding hydrogens is 727 g/mol. The SMILES string of the molecule is Cc1nnc([C@H]2C[C@@H](NC(=O)[C@]34CC[C@@H](C5(C)CC5)[C@@H]3[C@H]3CC[C@@H]5[C@@]6(C)CC[C@H](OC(=O)[C@]7(C)C[C@@H](C(=O)O)C7(C)C)C(C)(C)[C@@H]6CC[C@@]5(C)[C@]3(C)CC4)C2(C)C)o1. The van der Waals surface area contributed by atoms with Crippen LogP contribution in [0.25, 0.3) is 0 Å². The van der Waals surface area contributed by atoms with E-state index in [1.807, 2.05) is 27.7 Å². The Kier molecular flexibility index (Phi) is 8.71.